The van der Waals surface area contributed by atoms with Gasteiger partial charge in [0.1, 0.15) is 17.2 Å². The fourth-order valence-corrected chi connectivity index (χ4v) is 3.26. The molecular formula is C29H27N3O3. The van der Waals surface area contributed by atoms with E-state index in [0.717, 1.165) is 22.3 Å². The average molecular weight is 466 g/mol. The number of hydrogen-bond donors (Lipinski definition) is 0. The summed E-state index contributed by atoms with van der Waals surface area (Å²) in [5, 5.41) is 0. The fraction of sp³-hybridized carbons (Fsp3) is 0.138. The van der Waals surface area contributed by atoms with Crippen LogP contribution in [0.3, 0.4) is 0 Å². The molecule has 0 fully saturated rings. The minimum absolute atomic E-state index is 0.0650. The number of rotatable bonds is 8. The zero-order valence-electron chi connectivity index (χ0n) is 20.2. The van der Waals surface area contributed by atoms with Gasteiger partial charge in [0.05, 0.1) is 0 Å². The highest BCUT2D eigenvalue weighted by atomic mass is 16.5. The summed E-state index contributed by atoms with van der Waals surface area (Å²) < 4.78 is 18.0. The number of benzene rings is 3. The molecule has 4 aromatic rings. The van der Waals surface area contributed by atoms with Crippen LogP contribution in [0.2, 0.25) is 0 Å². The molecular weight excluding hydrogens is 438 g/mol. The summed E-state index contributed by atoms with van der Waals surface area (Å²) in [6.45, 7) is 8.12. The van der Waals surface area contributed by atoms with Crippen LogP contribution >= 0.6 is 0 Å². The summed E-state index contributed by atoms with van der Waals surface area (Å²) >= 11 is 0. The van der Waals surface area contributed by atoms with Crippen molar-refractivity contribution in [2.45, 2.75) is 27.7 Å². The lowest BCUT2D eigenvalue weighted by Crippen LogP contribution is -2.02. The number of allylic oxidation sites excluding steroid dienone is 2. The lowest BCUT2D eigenvalue weighted by molar-refractivity contribution is 0.361. The van der Waals surface area contributed by atoms with Gasteiger partial charge in [0.15, 0.2) is 0 Å². The molecule has 0 atom stereocenters. The number of ether oxygens (including phenoxy) is 3. The van der Waals surface area contributed by atoms with E-state index in [1.165, 1.54) is 0 Å². The third-order valence-electron chi connectivity index (χ3n) is 4.66. The van der Waals surface area contributed by atoms with Crippen molar-refractivity contribution in [2.24, 2.45) is 0 Å². The number of para-hydroxylation sites is 3. The van der Waals surface area contributed by atoms with Crippen LogP contribution in [-0.4, -0.2) is 15.0 Å². The third kappa shape index (κ3) is 6.77. The highest BCUT2D eigenvalue weighted by Gasteiger charge is 2.15. The minimum atomic E-state index is 0.0650. The van der Waals surface area contributed by atoms with Crippen LogP contribution in [0.4, 0.5) is 0 Å². The van der Waals surface area contributed by atoms with E-state index >= 15 is 0 Å². The summed E-state index contributed by atoms with van der Waals surface area (Å²) in [5.41, 5.74) is 4.11. The van der Waals surface area contributed by atoms with Gasteiger partial charge < -0.3 is 14.2 Å². The highest BCUT2D eigenvalue weighted by molar-refractivity contribution is 5.60. The van der Waals surface area contributed by atoms with Crippen molar-refractivity contribution < 1.29 is 14.2 Å². The molecule has 0 aliphatic rings. The number of hydrogen-bond acceptors (Lipinski definition) is 6. The van der Waals surface area contributed by atoms with Crippen molar-refractivity contribution in [3.8, 4) is 35.3 Å². The first-order valence-corrected chi connectivity index (χ1v) is 11.3. The van der Waals surface area contributed by atoms with Gasteiger partial charge in [0.2, 0.25) is 0 Å². The number of aromatic nitrogens is 3. The van der Waals surface area contributed by atoms with Crippen LogP contribution in [0, 0.1) is 0 Å². The van der Waals surface area contributed by atoms with Crippen molar-refractivity contribution in [2.75, 3.05) is 0 Å². The van der Waals surface area contributed by atoms with Gasteiger partial charge in [-0.1, -0.05) is 77.9 Å². The first kappa shape index (κ1) is 23.7. The standard InChI is InChI=1S/C29H27N3O3/c1-20(2)18-22-12-8-10-16-25(22)34-28-30-27(33-24-14-6-5-7-15-24)31-29(32-28)35-26-17-11-9-13-23(26)19-21(3)4/h5-19H,1-4H3. The lowest BCUT2D eigenvalue weighted by Gasteiger charge is -2.12. The maximum Gasteiger partial charge on any atom is 0.331 e. The van der Waals surface area contributed by atoms with E-state index in [-0.39, 0.29) is 18.0 Å². The van der Waals surface area contributed by atoms with Crippen LogP contribution in [0.25, 0.3) is 12.2 Å². The van der Waals surface area contributed by atoms with Crippen molar-refractivity contribution >= 4 is 12.2 Å². The molecule has 6 nitrogen and oxygen atoms in total. The van der Waals surface area contributed by atoms with Gasteiger partial charge >= 0.3 is 18.0 Å². The Morgan fingerprint density at radius 2 is 0.914 bits per heavy atom. The molecule has 6 heteroatoms. The molecule has 0 saturated heterocycles. The largest absolute Gasteiger partial charge is 0.424 e. The van der Waals surface area contributed by atoms with E-state index in [1.807, 2.05) is 119 Å². The lowest BCUT2D eigenvalue weighted by atomic mass is 10.1. The Morgan fingerprint density at radius 3 is 1.37 bits per heavy atom. The van der Waals surface area contributed by atoms with Gasteiger partial charge in [-0.2, -0.15) is 0 Å². The molecule has 0 radical (unpaired) electrons. The van der Waals surface area contributed by atoms with Crippen molar-refractivity contribution in [1.29, 1.82) is 0 Å². The predicted octanol–water partition coefficient (Wildman–Crippen LogP) is 8.09. The molecule has 0 spiro atoms. The fourth-order valence-electron chi connectivity index (χ4n) is 3.26. The van der Waals surface area contributed by atoms with Gasteiger partial charge in [0.25, 0.3) is 0 Å². The molecule has 1 heterocycles. The first-order chi connectivity index (χ1) is 17.0. The van der Waals surface area contributed by atoms with E-state index in [0.29, 0.717) is 17.2 Å². The third-order valence-corrected chi connectivity index (χ3v) is 4.66. The molecule has 0 unspecified atom stereocenters. The van der Waals surface area contributed by atoms with Gasteiger partial charge in [-0.15, -0.1) is 15.0 Å². The van der Waals surface area contributed by atoms with Crippen LogP contribution < -0.4 is 14.2 Å². The molecule has 0 saturated carbocycles. The molecule has 3 aromatic carbocycles. The van der Waals surface area contributed by atoms with Crippen molar-refractivity contribution in [3.05, 3.63) is 101 Å². The smallest absolute Gasteiger partial charge is 0.331 e. The molecule has 0 aliphatic carbocycles. The maximum absolute atomic E-state index is 6.08. The van der Waals surface area contributed by atoms with E-state index < -0.39 is 0 Å². The van der Waals surface area contributed by atoms with E-state index in [4.69, 9.17) is 14.2 Å². The molecule has 0 amide bonds. The zero-order valence-corrected chi connectivity index (χ0v) is 20.2. The molecule has 0 N–H and O–H groups in total. The Hall–Kier alpha value is -4.45. The maximum atomic E-state index is 6.08. The molecule has 0 aliphatic heterocycles. The van der Waals surface area contributed by atoms with Crippen molar-refractivity contribution in [3.63, 3.8) is 0 Å². The zero-order chi connectivity index (χ0) is 24.6. The van der Waals surface area contributed by atoms with Crippen LogP contribution in [0.5, 0.6) is 35.3 Å². The Labute approximate surface area is 205 Å². The van der Waals surface area contributed by atoms with Crippen molar-refractivity contribution in [1.82, 2.24) is 15.0 Å². The summed E-state index contributed by atoms with van der Waals surface area (Å²) in [5.74, 6) is 1.81. The first-order valence-electron chi connectivity index (χ1n) is 11.3. The SMILES string of the molecule is CC(C)=Cc1ccccc1Oc1nc(Oc2ccccc2)nc(Oc2ccccc2C=C(C)C)n1. The Morgan fingerprint density at radius 1 is 0.514 bits per heavy atom. The van der Waals surface area contributed by atoms with E-state index in [1.54, 1.807) is 0 Å². The summed E-state index contributed by atoms with van der Waals surface area (Å²) in [6, 6.07) is 24.8. The Kier molecular flexibility index (Phi) is 7.53. The second kappa shape index (κ2) is 11.1. The second-order valence-corrected chi connectivity index (χ2v) is 8.32. The van der Waals surface area contributed by atoms with E-state index in [9.17, 15) is 0 Å². The molecule has 35 heavy (non-hydrogen) atoms. The highest BCUT2D eigenvalue weighted by Crippen LogP contribution is 2.30. The molecule has 0 bridgehead atoms. The quantitative estimate of drug-likeness (QED) is 0.262. The van der Waals surface area contributed by atoms with E-state index in [2.05, 4.69) is 15.0 Å². The van der Waals surface area contributed by atoms with Crippen LogP contribution in [0.15, 0.2) is 90.0 Å². The minimum Gasteiger partial charge on any atom is -0.424 e. The van der Waals surface area contributed by atoms with Crippen LogP contribution in [0.1, 0.15) is 38.8 Å². The normalized spacial score (nSPS) is 10.3. The molecule has 1 aromatic heterocycles. The van der Waals surface area contributed by atoms with Gasteiger partial charge in [-0.3, -0.25) is 0 Å². The second-order valence-electron chi connectivity index (χ2n) is 8.32. The van der Waals surface area contributed by atoms with Gasteiger partial charge in [-0.25, -0.2) is 0 Å². The Bertz CT molecular complexity index is 1270. The molecule has 176 valence electrons. The topological polar surface area (TPSA) is 66.4 Å². The van der Waals surface area contributed by atoms with Gasteiger partial charge in [0, 0.05) is 11.1 Å². The summed E-state index contributed by atoms with van der Waals surface area (Å²) in [7, 11) is 0. The summed E-state index contributed by atoms with van der Waals surface area (Å²) in [4.78, 5) is 13.2. The average Bonchev–Trinajstić information content (AvgIpc) is 2.82. The molecule has 4 rings (SSSR count). The summed E-state index contributed by atoms with van der Waals surface area (Å²) in [6.07, 6.45) is 4.07. The van der Waals surface area contributed by atoms with Crippen LogP contribution in [-0.2, 0) is 0 Å². The predicted molar refractivity (Wildman–Crippen MR) is 138 cm³/mol. The number of nitrogens with zero attached hydrogens (tertiary/aromatic N) is 3. The Balaban J connectivity index is 1.72. The van der Waals surface area contributed by atoms with Gasteiger partial charge in [-0.05, 0) is 52.0 Å². The monoisotopic (exact) mass is 465 g/mol.